The molecule has 3 aromatic rings. The Hall–Kier alpha value is -3.80. The van der Waals surface area contributed by atoms with Gasteiger partial charge in [0.15, 0.2) is 0 Å². The van der Waals surface area contributed by atoms with Crippen molar-refractivity contribution >= 4 is 29.1 Å². The van der Waals surface area contributed by atoms with Gasteiger partial charge in [0.1, 0.15) is 24.0 Å². The van der Waals surface area contributed by atoms with Crippen molar-refractivity contribution in [2.45, 2.75) is 18.6 Å². The van der Waals surface area contributed by atoms with Crippen molar-refractivity contribution in [1.29, 1.82) is 0 Å². The highest BCUT2D eigenvalue weighted by Gasteiger charge is 2.36. The van der Waals surface area contributed by atoms with Crippen LogP contribution < -0.4 is 15.4 Å². The number of carbonyl (C=O) groups excluding carboxylic acids is 2. The molecule has 5 nitrogen and oxygen atoms in total. The molecule has 3 aromatic carbocycles. The van der Waals surface area contributed by atoms with Gasteiger partial charge in [-0.15, -0.1) is 0 Å². The first-order valence-corrected chi connectivity index (χ1v) is 10.7. The van der Waals surface area contributed by atoms with E-state index in [1.807, 2.05) is 0 Å². The normalized spacial score (nSPS) is 14.9. The number of benzene rings is 3. The first kappa shape index (κ1) is 26.3. The van der Waals surface area contributed by atoms with E-state index in [-0.39, 0.29) is 39.2 Å². The number of hydrogen-bond acceptors (Lipinski definition) is 3. The Bertz CT molecular complexity index is 1400. The lowest BCUT2D eigenvalue weighted by Crippen LogP contribution is -2.21. The summed E-state index contributed by atoms with van der Waals surface area (Å²) in [5.41, 5.74) is -2.43. The summed E-state index contributed by atoms with van der Waals surface area (Å²) in [5.74, 6) is -4.26. The van der Waals surface area contributed by atoms with Crippen molar-refractivity contribution in [2.24, 2.45) is 0 Å². The highest BCUT2D eigenvalue weighted by Crippen LogP contribution is 2.41. The van der Waals surface area contributed by atoms with E-state index in [0.717, 1.165) is 24.3 Å². The number of ether oxygens (including phenoxy) is 1. The van der Waals surface area contributed by atoms with Gasteiger partial charge in [0.25, 0.3) is 18.2 Å². The van der Waals surface area contributed by atoms with Gasteiger partial charge in [0.2, 0.25) is 0 Å². The van der Waals surface area contributed by atoms with Crippen molar-refractivity contribution in [1.82, 2.24) is 5.32 Å². The summed E-state index contributed by atoms with van der Waals surface area (Å²) in [5, 5.41) is 4.85. The summed E-state index contributed by atoms with van der Waals surface area (Å²) in [6.45, 7) is -1.06. The molecular formula is C24H14ClF7N2O3. The lowest BCUT2D eigenvalue weighted by Gasteiger charge is -2.19. The number of amides is 2. The molecule has 0 radical (unpaired) electrons. The van der Waals surface area contributed by atoms with Gasteiger partial charge >= 0.3 is 6.18 Å². The second kappa shape index (κ2) is 9.92. The molecule has 0 bridgehead atoms. The van der Waals surface area contributed by atoms with Crippen LogP contribution in [0.2, 0.25) is 5.02 Å². The molecule has 1 aliphatic rings. The molecule has 0 saturated carbocycles. The summed E-state index contributed by atoms with van der Waals surface area (Å²) >= 11 is 6.18. The molecule has 37 heavy (non-hydrogen) atoms. The molecular weight excluding hydrogens is 533 g/mol. The number of rotatable bonds is 6. The molecule has 0 aromatic heterocycles. The summed E-state index contributed by atoms with van der Waals surface area (Å²) < 4.78 is 97.5. The monoisotopic (exact) mass is 546 g/mol. The quantitative estimate of drug-likeness (QED) is 0.353. The Morgan fingerprint density at radius 2 is 1.78 bits per heavy atom. The van der Waals surface area contributed by atoms with Crippen LogP contribution in [0.3, 0.4) is 0 Å². The minimum atomic E-state index is -4.95. The first-order chi connectivity index (χ1) is 17.3. The Balaban J connectivity index is 1.81. The summed E-state index contributed by atoms with van der Waals surface area (Å²) in [6.07, 6.45) is -7.83. The molecule has 2 amide bonds. The maximum atomic E-state index is 14.0. The van der Waals surface area contributed by atoms with Crippen LogP contribution in [-0.4, -0.2) is 24.8 Å². The largest absolute Gasteiger partial charge is 0.488 e. The molecule has 2 N–H and O–H groups in total. The van der Waals surface area contributed by atoms with Crippen LogP contribution in [-0.2, 0) is 6.18 Å². The van der Waals surface area contributed by atoms with Gasteiger partial charge in [0.05, 0.1) is 22.9 Å². The molecule has 0 spiro atoms. The number of carbonyl (C=O) groups is 2. The molecule has 0 saturated heterocycles. The Morgan fingerprint density at radius 1 is 1.05 bits per heavy atom. The fraction of sp³-hybridized carbons (Fsp3) is 0.167. The smallest absolute Gasteiger partial charge is 0.416 e. The van der Waals surface area contributed by atoms with E-state index in [4.69, 9.17) is 16.3 Å². The predicted molar refractivity (Wildman–Crippen MR) is 118 cm³/mol. The van der Waals surface area contributed by atoms with Crippen molar-refractivity contribution in [3.63, 3.8) is 0 Å². The number of hydrogen-bond donors (Lipinski definition) is 2. The van der Waals surface area contributed by atoms with E-state index in [9.17, 15) is 40.3 Å². The maximum Gasteiger partial charge on any atom is 0.416 e. The van der Waals surface area contributed by atoms with Gasteiger partial charge in [-0.25, -0.2) is 17.6 Å². The van der Waals surface area contributed by atoms with Gasteiger partial charge in [-0.3, -0.25) is 9.59 Å². The molecule has 4 rings (SSSR count). The molecule has 0 unspecified atom stereocenters. The van der Waals surface area contributed by atoms with Crippen LogP contribution in [0, 0.1) is 11.6 Å². The fourth-order valence-corrected chi connectivity index (χ4v) is 4.03. The first-order valence-electron chi connectivity index (χ1n) is 10.4. The average Bonchev–Trinajstić information content (AvgIpc) is 3.14. The van der Waals surface area contributed by atoms with Crippen molar-refractivity contribution < 1.29 is 45.1 Å². The zero-order valence-electron chi connectivity index (χ0n) is 18.2. The zero-order valence-corrected chi connectivity index (χ0v) is 19.0. The van der Waals surface area contributed by atoms with Gasteiger partial charge in [-0.05, 0) is 42.5 Å². The number of nitrogens with one attached hydrogen (secondary N) is 2. The zero-order chi connectivity index (χ0) is 27.1. The van der Waals surface area contributed by atoms with Gasteiger partial charge in [-0.1, -0.05) is 11.6 Å². The third-order valence-electron chi connectivity index (χ3n) is 5.34. The Kier molecular flexibility index (Phi) is 7.05. The highest BCUT2D eigenvalue weighted by atomic mass is 35.5. The SMILES string of the molecule is O=C(Nc1cc(OCC(F)F)cc2c1[C@@H](c1cc(F)ccc1Cl)NC2=O)c1cc(F)cc(C(F)(F)F)c1. The number of alkyl halides is 5. The average molecular weight is 547 g/mol. The van der Waals surface area contributed by atoms with Gasteiger partial charge in [-0.2, -0.15) is 13.2 Å². The third-order valence-corrected chi connectivity index (χ3v) is 5.69. The molecule has 1 atom stereocenters. The second-order valence-electron chi connectivity index (χ2n) is 7.89. The second-order valence-corrected chi connectivity index (χ2v) is 8.29. The van der Waals surface area contributed by atoms with Crippen LogP contribution in [0.25, 0.3) is 0 Å². The molecule has 13 heteroatoms. The van der Waals surface area contributed by atoms with E-state index in [0.29, 0.717) is 12.1 Å². The minimum Gasteiger partial charge on any atom is -0.488 e. The van der Waals surface area contributed by atoms with E-state index < -0.39 is 59.8 Å². The lowest BCUT2D eigenvalue weighted by atomic mass is 9.95. The van der Waals surface area contributed by atoms with Gasteiger partial charge in [0, 0.05) is 27.8 Å². The summed E-state index contributed by atoms with van der Waals surface area (Å²) in [4.78, 5) is 25.6. The topological polar surface area (TPSA) is 67.4 Å². The van der Waals surface area contributed by atoms with E-state index >= 15 is 0 Å². The summed E-state index contributed by atoms with van der Waals surface area (Å²) in [7, 11) is 0. The van der Waals surface area contributed by atoms with Gasteiger partial charge < -0.3 is 15.4 Å². The lowest BCUT2D eigenvalue weighted by molar-refractivity contribution is -0.137. The predicted octanol–water partition coefficient (Wildman–Crippen LogP) is 6.37. The molecule has 1 aliphatic heterocycles. The number of fused-ring (bicyclic) bond motifs is 1. The third kappa shape index (κ3) is 5.63. The number of halogens is 8. The van der Waals surface area contributed by atoms with E-state index in [1.165, 1.54) is 6.07 Å². The van der Waals surface area contributed by atoms with Crippen molar-refractivity contribution in [3.05, 3.63) is 93.0 Å². The van der Waals surface area contributed by atoms with E-state index in [2.05, 4.69) is 10.6 Å². The fourth-order valence-electron chi connectivity index (χ4n) is 3.80. The molecule has 1 heterocycles. The minimum absolute atomic E-state index is 0.0164. The van der Waals surface area contributed by atoms with Crippen LogP contribution in [0.15, 0.2) is 48.5 Å². The molecule has 194 valence electrons. The van der Waals surface area contributed by atoms with E-state index in [1.54, 1.807) is 0 Å². The molecule has 0 fully saturated rings. The van der Waals surface area contributed by atoms with Crippen LogP contribution in [0.4, 0.5) is 36.4 Å². The summed E-state index contributed by atoms with van der Waals surface area (Å²) in [6, 6.07) is 5.53. The maximum absolute atomic E-state index is 14.0. The number of anilines is 1. The van der Waals surface area contributed by atoms with Crippen molar-refractivity contribution in [3.8, 4) is 5.75 Å². The Labute approximate surface area is 209 Å². The van der Waals surface area contributed by atoms with Crippen molar-refractivity contribution in [2.75, 3.05) is 11.9 Å². The standard InChI is InChI=1S/C24H14ClF7N2O3/c25-17-2-1-12(26)6-15(17)21-20-16(23(36)34-21)7-14(37-9-19(28)29)8-18(20)33-22(35)10-3-11(24(30,31)32)5-13(27)4-10/h1-8,19,21H,9H2,(H,33,35)(H,34,36)/t21-/m1/s1. The highest BCUT2D eigenvalue weighted by molar-refractivity contribution is 6.31. The Morgan fingerprint density at radius 3 is 2.46 bits per heavy atom. The van der Waals surface area contributed by atoms with Crippen LogP contribution in [0.1, 0.15) is 43.4 Å². The van der Waals surface area contributed by atoms with Crippen LogP contribution in [0.5, 0.6) is 5.75 Å². The van der Waals surface area contributed by atoms with Crippen LogP contribution >= 0.6 is 11.6 Å². The molecule has 0 aliphatic carbocycles.